The number of esters is 2. The lowest BCUT2D eigenvalue weighted by Crippen LogP contribution is -2.37. The zero-order valence-electron chi connectivity index (χ0n) is 21.4. The van der Waals surface area contributed by atoms with Crippen LogP contribution in [0.2, 0.25) is 0 Å². The molecule has 3 aliphatic rings. The molecular formula is C31H33NO5. The first-order valence-corrected chi connectivity index (χ1v) is 13.2. The Balaban J connectivity index is 1.52. The average molecular weight is 500 g/mol. The first-order chi connectivity index (χ1) is 17.9. The molecule has 0 spiro atoms. The number of dihydropyridines is 1. The van der Waals surface area contributed by atoms with E-state index in [0.717, 1.165) is 48.2 Å². The number of carbonyl (C=O) groups is 3. The number of carbonyl (C=O) groups excluding carboxylic acids is 3. The van der Waals surface area contributed by atoms with Crippen molar-refractivity contribution in [1.29, 1.82) is 0 Å². The van der Waals surface area contributed by atoms with E-state index in [9.17, 15) is 14.4 Å². The number of Topliss-reactive ketones (excluding diaryl/α,β-unsaturated/α-hetero) is 1. The highest BCUT2D eigenvalue weighted by molar-refractivity contribution is 6.04. The zero-order valence-corrected chi connectivity index (χ0v) is 21.4. The predicted molar refractivity (Wildman–Crippen MR) is 140 cm³/mol. The maximum Gasteiger partial charge on any atom is 0.337 e. The van der Waals surface area contributed by atoms with Crippen LogP contribution in [0.5, 0.6) is 5.75 Å². The van der Waals surface area contributed by atoms with Gasteiger partial charge in [-0.1, -0.05) is 48.9 Å². The summed E-state index contributed by atoms with van der Waals surface area (Å²) in [6.07, 6.45) is 6.02. The molecule has 0 saturated heterocycles. The van der Waals surface area contributed by atoms with E-state index >= 15 is 0 Å². The average Bonchev–Trinajstić information content (AvgIpc) is 2.89. The van der Waals surface area contributed by atoms with Crippen LogP contribution in [0, 0.1) is 0 Å². The van der Waals surface area contributed by atoms with Crippen molar-refractivity contribution in [3.8, 4) is 5.75 Å². The standard InChI is InChI=1S/C31H33NO5/c1-19-28(31(35)37-24-11-7-4-8-12-24)29(22-13-15-25(16-14-22)36-20(2)33)30-26(32-19)17-23(18-27(30)34)21-9-5-3-6-10-21/h3,5-6,9-10,13-16,23-24,29,32H,4,7-8,11-12,17-18H2,1-2H3/t23-,29+/m0/s1. The van der Waals surface area contributed by atoms with Crippen LogP contribution in [-0.4, -0.2) is 23.8 Å². The van der Waals surface area contributed by atoms with Crippen molar-refractivity contribution in [3.63, 3.8) is 0 Å². The first-order valence-electron chi connectivity index (χ1n) is 13.2. The van der Waals surface area contributed by atoms with Crippen LogP contribution in [0.1, 0.15) is 81.8 Å². The van der Waals surface area contributed by atoms with E-state index in [1.54, 1.807) is 12.1 Å². The number of benzene rings is 2. The van der Waals surface area contributed by atoms with Crippen molar-refractivity contribution in [3.05, 3.63) is 88.3 Å². The van der Waals surface area contributed by atoms with Crippen LogP contribution in [0.15, 0.2) is 77.1 Å². The molecule has 37 heavy (non-hydrogen) atoms. The van der Waals surface area contributed by atoms with Crippen LogP contribution < -0.4 is 10.1 Å². The van der Waals surface area contributed by atoms with Crippen molar-refractivity contribution in [2.24, 2.45) is 0 Å². The predicted octanol–water partition coefficient (Wildman–Crippen LogP) is 5.85. The molecule has 6 heteroatoms. The van der Waals surface area contributed by atoms with Crippen molar-refractivity contribution in [2.45, 2.75) is 76.7 Å². The molecule has 2 aromatic carbocycles. The normalized spacial score (nSPS) is 22.3. The molecule has 192 valence electrons. The maximum atomic E-state index is 13.7. The Labute approximate surface area is 217 Å². The first kappa shape index (κ1) is 25.0. The molecule has 6 nitrogen and oxygen atoms in total. The number of ketones is 1. The van der Waals surface area contributed by atoms with Gasteiger partial charge in [-0.05, 0) is 68.2 Å². The SMILES string of the molecule is CC(=O)Oc1ccc([C@@H]2C(C(=O)OC3CCCCC3)=C(C)NC3=C2C(=O)C[C@@H](c2ccccc2)C3)cc1. The molecule has 1 aliphatic heterocycles. The van der Waals surface area contributed by atoms with E-state index in [0.29, 0.717) is 29.7 Å². The third kappa shape index (κ3) is 5.38. The van der Waals surface area contributed by atoms with Gasteiger partial charge < -0.3 is 14.8 Å². The molecule has 0 unspecified atom stereocenters. The molecule has 0 radical (unpaired) electrons. The van der Waals surface area contributed by atoms with Crippen molar-refractivity contribution >= 4 is 17.7 Å². The molecule has 0 amide bonds. The largest absolute Gasteiger partial charge is 0.459 e. The summed E-state index contributed by atoms with van der Waals surface area (Å²) in [5, 5.41) is 3.42. The molecule has 2 aromatic rings. The summed E-state index contributed by atoms with van der Waals surface area (Å²) in [6.45, 7) is 3.24. The summed E-state index contributed by atoms with van der Waals surface area (Å²) in [6, 6.07) is 17.2. The van der Waals surface area contributed by atoms with Gasteiger partial charge in [0.2, 0.25) is 0 Å². The quantitative estimate of drug-likeness (QED) is 0.411. The Bertz CT molecular complexity index is 1250. The molecule has 2 atom stereocenters. The number of ether oxygens (including phenoxy) is 2. The smallest absolute Gasteiger partial charge is 0.337 e. The fourth-order valence-electron chi connectivity index (χ4n) is 5.90. The van der Waals surface area contributed by atoms with E-state index < -0.39 is 11.9 Å². The van der Waals surface area contributed by atoms with E-state index in [2.05, 4.69) is 17.4 Å². The summed E-state index contributed by atoms with van der Waals surface area (Å²) >= 11 is 0. The van der Waals surface area contributed by atoms with Gasteiger partial charge in [0, 0.05) is 36.2 Å². The van der Waals surface area contributed by atoms with Crippen LogP contribution in [-0.2, 0) is 19.1 Å². The summed E-state index contributed by atoms with van der Waals surface area (Å²) in [7, 11) is 0. The van der Waals surface area contributed by atoms with Gasteiger partial charge >= 0.3 is 11.9 Å². The van der Waals surface area contributed by atoms with Crippen molar-refractivity contribution < 1.29 is 23.9 Å². The van der Waals surface area contributed by atoms with E-state index in [-0.39, 0.29) is 23.8 Å². The zero-order chi connectivity index (χ0) is 25.9. The minimum absolute atomic E-state index is 0.0344. The lowest BCUT2D eigenvalue weighted by molar-refractivity contribution is -0.146. The lowest BCUT2D eigenvalue weighted by Gasteiger charge is -2.37. The lowest BCUT2D eigenvalue weighted by atomic mass is 9.71. The second-order valence-electron chi connectivity index (χ2n) is 10.3. The highest BCUT2D eigenvalue weighted by atomic mass is 16.5. The van der Waals surface area contributed by atoms with Gasteiger partial charge in [-0.2, -0.15) is 0 Å². The van der Waals surface area contributed by atoms with Gasteiger partial charge in [0.05, 0.1) is 5.57 Å². The fourth-order valence-corrected chi connectivity index (χ4v) is 5.90. The van der Waals surface area contributed by atoms with Crippen LogP contribution >= 0.6 is 0 Å². The van der Waals surface area contributed by atoms with Crippen LogP contribution in [0.4, 0.5) is 0 Å². The number of hydrogen-bond donors (Lipinski definition) is 1. The topological polar surface area (TPSA) is 81.7 Å². The second kappa shape index (κ2) is 10.8. The summed E-state index contributed by atoms with van der Waals surface area (Å²) in [5.41, 5.74) is 4.63. The Morgan fingerprint density at radius 1 is 0.892 bits per heavy atom. The number of nitrogens with one attached hydrogen (secondary N) is 1. The molecule has 1 N–H and O–H groups in total. The summed E-state index contributed by atoms with van der Waals surface area (Å²) < 4.78 is 11.2. The number of allylic oxidation sites excluding steroid dienone is 3. The third-order valence-corrected chi connectivity index (χ3v) is 7.62. The number of rotatable bonds is 5. The molecule has 1 saturated carbocycles. The van der Waals surface area contributed by atoms with Gasteiger partial charge in [-0.25, -0.2) is 4.79 Å². The van der Waals surface area contributed by atoms with Gasteiger partial charge in [-0.3, -0.25) is 9.59 Å². The van der Waals surface area contributed by atoms with Crippen molar-refractivity contribution in [2.75, 3.05) is 0 Å². The highest BCUT2D eigenvalue weighted by Gasteiger charge is 2.42. The van der Waals surface area contributed by atoms with E-state index in [4.69, 9.17) is 9.47 Å². The number of hydrogen-bond acceptors (Lipinski definition) is 6. The Kier molecular flexibility index (Phi) is 7.26. The Morgan fingerprint density at radius 3 is 2.27 bits per heavy atom. The molecule has 1 heterocycles. The summed E-state index contributed by atoms with van der Waals surface area (Å²) in [4.78, 5) is 38.7. The fraction of sp³-hybridized carbons (Fsp3) is 0.387. The van der Waals surface area contributed by atoms with Crippen LogP contribution in [0.25, 0.3) is 0 Å². The second-order valence-corrected chi connectivity index (χ2v) is 10.3. The molecule has 0 aromatic heterocycles. The molecular weight excluding hydrogens is 466 g/mol. The minimum atomic E-state index is -0.539. The van der Waals surface area contributed by atoms with E-state index in [1.807, 2.05) is 37.3 Å². The highest BCUT2D eigenvalue weighted by Crippen LogP contribution is 2.46. The van der Waals surface area contributed by atoms with E-state index in [1.165, 1.54) is 13.3 Å². The van der Waals surface area contributed by atoms with Gasteiger partial charge in [0.1, 0.15) is 11.9 Å². The maximum absolute atomic E-state index is 13.7. The van der Waals surface area contributed by atoms with Gasteiger partial charge in [0.25, 0.3) is 0 Å². The molecule has 1 fully saturated rings. The molecule has 2 aliphatic carbocycles. The summed E-state index contributed by atoms with van der Waals surface area (Å²) in [5.74, 6) is -0.770. The molecule has 5 rings (SSSR count). The Morgan fingerprint density at radius 2 is 1.59 bits per heavy atom. The Hall–Kier alpha value is -3.67. The van der Waals surface area contributed by atoms with Crippen LogP contribution in [0.3, 0.4) is 0 Å². The van der Waals surface area contributed by atoms with Gasteiger partial charge in [-0.15, -0.1) is 0 Å². The third-order valence-electron chi connectivity index (χ3n) is 7.62. The van der Waals surface area contributed by atoms with Gasteiger partial charge in [0.15, 0.2) is 5.78 Å². The van der Waals surface area contributed by atoms with Crippen molar-refractivity contribution in [1.82, 2.24) is 5.32 Å². The monoisotopic (exact) mass is 499 g/mol. The molecule has 0 bridgehead atoms. The minimum Gasteiger partial charge on any atom is -0.459 e.